The summed E-state index contributed by atoms with van der Waals surface area (Å²) in [6.07, 6.45) is 3.53. The lowest BCUT2D eigenvalue weighted by atomic mass is 10.3. The molecule has 0 aliphatic carbocycles. The Morgan fingerprint density at radius 2 is 1.07 bits per heavy atom. The highest BCUT2D eigenvalue weighted by Crippen LogP contribution is 2.28. The number of benzene rings is 2. The molecule has 0 saturated carbocycles. The Morgan fingerprint density at radius 1 is 0.607 bits per heavy atom. The highest BCUT2D eigenvalue weighted by Gasteiger charge is 2.06. The Morgan fingerprint density at radius 3 is 1.54 bits per heavy atom. The van der Waals surface area contributed by atoms with Crippen LogP contribution in [0.1, 0.15) is 0 Å². The smallest absolute Gasteiger partial charge is 0.212 e. The molecule has 6 nitrogen and oxygen atoms in total. The van der Waals surface area contributed by atoms with Crippen LogP contribution in [0, 0.1) is 10.4 Å². The van der Waals surface area contributed by atoms with Crippen molar-refractivity contribution in [1.82, 2.24) is 19.9 Å². The maximum atomic E-state index is 4.62. The number of hydrogen-bond donors (Lipinski definition) is 0. The molecule has 2 aromatic heterocycles. The second-order valence-corrected chi connectivity index (χ2v) is 8.16. The van der Waals surface area contributed by atoms with Gasteiger partial charge in [-0.15, -0.1) is 0 Å². The molecule has 4 heterocycles. The first-order valence-electron chi connectivity index (χ1n) is 8.55. The standard InChI is InChI=1S/C20H10N6S2/c1-3-7-15-13(5-1)23-19(27-15)25-17-11-9-22-18(12(11)10-21-17)26-20-24-14-6-2-4-8-16(14)28-20/h1-10H/b25-17+,26-18+. The summed E-state index contributed by atoms with van der Waals surface area (Å²) in [6, 6.07) is 16.0. The van der Waals surface area contributed by atoms with Crippen LogP contribution in [0.4, 0.5) is 10.3 Å². The summed E-state index contributed by atoms with van der Waals surface area (Å²) in [6.45, 7) is 0. The lowest BCUT2D eigenvalue weighted by molar-refractivity contribution is 1.13. The Kier molecular flexibility index (Phi) is 3.40. The fourth-order valence-electron chi connectivity index (χ4n) is 3.06. The van der Waals surface area contributed by atoms with Gasteiger partial charge in [0.1, 0.15) is 0 Å². The highest BCUT2D eigenvalue weighted by atomic mass is 32.1. The van der Waals surface area contributed by atoms with Crippen LogP contribution >= 0.6 is 22.7 Å². The Labute approximate surface area is 165 Å². The first kappa shape index (κ1) is 15.7. The quantitative estimate of drug-likeness (QED) is 0.445. The van der Waals surface area contributed by atoms with E-state index in [0.29, 0.717) is 21.2 Å². The van der Waals surface area contributed by atoms with Crippen molar-refractivity contribution in [2.45, 2.75) is 0 Å². The van der Waals surface area contributed by atoms with Crippen LogP contribution in [0.15, 0.2) is 70.9 Å². The van der Waals surface area contributed by atoms with E-state index in [1.54, 1.807) is 35.1 Å². The molecule has 132 valence electrons. The van der Waals surface area contributed by atoms with Crippen molar-refractivity contribution < 1.29 is 0 Å². The minimum Gasteiger partial charge on any atom is -0.236 e. The first-order chi connectivity index (χ1) is 13.8. The van der Waals surface area contributed by atoms with E-state index in [1.165, 1.54) is 0 Å². The van der Waals surface area contributed by atoms with E-state index in [0.717, 1.165) is 30.9 Å². The average Bonchev–Trinajstić information content (AvgIpc) is 3.46. The maximum Gasteiger partial charge on any atom is 0.212 e. The summed E-state index contributed by atoms with van der Waals surface area (Å²) < 4.78 is 2.22. The lowest BCUT2D eigenvalue weighted by Crippen LogP contribution is -2.02. The van der Waals surface area contributed by atoms with E-state index in [1.807, 2.05) is 48.5 Å². The van der Waals surface area contributed by atoms with Gasteiger partial charge in [-0.1, -0.05) is 46.9 Å². The fraction of sp³-hybridized carbons (Fsp3) is 0. The van der Waals surface area contributed by atoms with Crippen LogP contribution in [0.5, 0.6) is 0 Å². The molecule has 0 spiro atoms. The summed E-state index contributed by atoms with van der Waals surface area (Å²) >= 11 is 3.09. The zero-order chi connectivity index (χ0) is 18.5. The van der Waals surface area contributed by atoms with Crippen molar-refractivity contribution in [2.75, 3.05) is 0 Å². The van der Waals surface area contributed by atoms with Gasteiger partial charge in [0.2, 0.25) is 10.3 Å². The molecule has 0 atom stereocenters. The van der Waals surface area contributed by atoms with Gasteiger partial charge in [0.15, 0.2) is 11.0 Å². The Bertz CT molecular complexity index is 1450. The van der Waals surface area contributed by atoms with E-state index in [9.17, 15) is 0 Å². The minimum absolute atomic E-state index is 0.618. The third-order valence-corrected chi connectivity index (χ3v) is 6.23. The van der Waals surface area contributed by atoms with Gasteiger partial charge in [-0.3, -0.25) is 0 Å². The van der Waals surface area contributed by atoms with Gasteiger partial charge >= 0.3 is 0 Å². The average molecular weight is 398 g/mol. The number of thiazole rings is 2. The molecule has 0 fully saturated rings. The monoisotopic (exact) mass is 398 g/mol. The largest absolute Gasteiger partial charge is 0.236 e. The molecule has 2 aromatic carbocycles. The maximum absolute atomic E-state index is 4.62. The zero-order valence-electron chi connectivity index (χ0n) is 14.3. The third kappa shape index (κ3) is 2.54. The van der Waals surface area contributed by atoms with Gasteiger partial charge in [0, 0.05) is 12.4 Å². The van der Waals surface area contributed by atoms with Gasteiger partial charge < -0.3 is 0 Å². The van der Waals surface area contributed by atoms with Gasteiger partial charge in [-0.25, -0.2) is 19.9 Å². The van der Waals surface area contributed by atoms with E-state index >= 15 is 0 Å². The second kappa shape index (κ2) is 6.08. The normalized spacial score (nSPS) is 13.4. The third-order valence-electron chi connectivity index (χ3n) is 4.37. The molecule has 0 saturated heterocycles. The lowest BCUT2D eigenvalue weighted by Gasteiger charge is -1.80. The summed E-state index contributed by atoms with van der Waals surface area (Å²) in [5.41, 5.74) is 3.13. The summed E-state index contributed by atoms with van der Waals surface area (Å²) in [7, 11) is 0. The van der Waals surface area contributed by atoms with Crippen LogP contribution in [-0.4, -0.2) is 19.9 Å². The first-order valence-corrected chi connectivity index (χ1v) is 10.2. The van der Waals surface area contributed by atoms with Gasteiger partial charge in [0.25, 0.3) is 0 Å². The highest BCUT2D eigenvalue weighted by molar-refractivity contribution is 7.22. The molecule has 2 aliphatic heterocycles. The number of fused-ring (bicyclic) bond motifs is 2. The van der Waals surface area contributed by atoms with Crippen LogP contribution in [-0.2, 0) is 0 Å². The number of rotatable bonds is 2. The summed E-state index contributed by atoms with van der Waals surface area (Å²) in [5, 5.41) is 3.12. The van der Waals surface area contributed by atoms with E-state index in [-0.39, 0.29) is 0 Å². The minimum atomic E-state index is 0.618. The molecule has 2 aliphatic rings. The van der Waals surface area contributed by atoms with Crippen LogP contribution in [0.2, 0.25) is 0 Å². The zero-order valence-corrected chi connectivity index (χ0v) is 15.9. The van der Waals surface area contributed by atoms with Crippen LogP contribution in [0.25, 0.3) is 20.4 Å². The Hall–Kier alpha value is -3.36. The van der Waals surface area contributed by atoms with Crippen molar-refractivity contribution in [2.24, 2.45) is 9.98 Å². The predicted molar refractivity (Wildman–Crippen MR) is 109 cm³/mol. The molecule has 4 aromatic rings. The summed E-state index contributed by atoms with van der Waals surface area (Å²) in [4.78, 5) is 27.2. The molecule has 0 unspecified atom stereocenters. The van der Waals surface area contributed by atoms with E-state index in [4.69, 9.17) is 0 Å². The second-order valence-electron chi connectivity index (χ2n) is 6.14. The molecule has 8 heteroatoms. The summed E-state index contributed by atoms with van der Waals surface area (Å²) in [5.74, 6) is 0. The number of aromatic nitrogens is 4. The number of hydrogen-bond acceptors (Lipinski definition) is 8. The molecule has 6 rings (SSSR count). The fourth-order valence-corrected chi connectivity index (χ4v) is 4.74. The van der Waals surface area contributed by atoms with Gasteiger partial charge in [-0.05, 0) is 24.3 Å². The topological polar surface area (TPSA) is 76.3 Å². The van der Waals surface area contributed by atoms with Crippen LogP contribution in [0.3, 0.4) is 0 Å². The molecule has 0 amide bonds. The number of para-hydroxylation sites is 2. The molecular formula is C20H10N6S2. The van der Waals surface area contributed by atoms with Crippen molar-refractivity contribution in [3.63, 3.8) is 0 Å². The Balaban J connectivity index is 1.50. The van der Waals surface area contributed by atoms with Gasteiger partial charge in [0.05, 0.1) is 30.9 Å². The number of nitrogens with zero attached hydrogens (tertiary/aromatic N) is 6. The van der Waals surface area contributed by atoms with Crippen molar-refractivity contribution >= 4 is 53.4 Å². The van der Waals surface area contributed by atoms with Gasteiger partial charge in [-0.2, -0.15) is 9.98 Å². The molecular weight excluding hydrogens is 388 g/mol. The molecule has 0 radical (unpaired) electrons. The van der Waals surface area contributed by atoms with Crippen molar-refractivity contribution in [3.8, 4) is 0 Å². The SMILES string of the molecule is c1ccc2sc(/N=c3/ncc4c(=N\c5nc6ccccc6s5)/ncc3=4)nc2c1. The predicted octanol–water partition coefficient (Wildman–Crippen LogP) is 3.76. The van der Waals surface area contributed by atoms with Crippen LogP contribution < -0.4 is 11.0 Å². The van der Waals surface area contributed by atoms with Crippen molar-refractivity contribution in [3.05, 3.63) is 82.3 Å². The molecule has 0 N–H and O–H groups in total. The molecule has 28 heavy (non-hydrogen) atoms. The van der Waals surface area contributed by atoms with Crippen molar-refractivity contribution in [1.29, 1.82) is 0 Å². The van der Waals surface area contributed by atoms with E-state index in [2.05, 4.69) is 29.9 Å². The molecule has 0 bridgehead atoms. The van der Waals surface area contributed by atoms with E-state index < -0.39 is 0 Å².